The highest BCUT2D eigenvalue weighted by Crippen LogP contribution is 2.36. The predicted octanol–water partition coefficient (Wildman–Crippen LogP) is 4.79. The molecule has 5 heterocycles. The molecule has 5 aromatic rings. The number of aromatic nitrogens is 4. The van der Waals surface area contributed by atoms with Crippen molar-refractivity contribution in [2.24, 2.45) is 0 Å². The number of hydrogen-bond donors (Lipinski definition) is 4. The van der Waals surface area contributed by atoms with E-state index < -0.39 is 10.2 Å². The minimum atomic E-state index is -4.12. The van der Waals surface area contributed by atoms with Gasteiger partial charge in [0.15, 0.2) is 6.29 Å². The van der Waals surface area contributed by atoms with Crippen molar-refractivity contribution in [3.8, 4) is 17.3 Å². The molecule has 230 valence electrons. The summed E-state index contributed by atoms with van der Waals surface area (Å²) >= 11 is 3.42. The number of aldehydes is 1. The van der Waals surface area contributed by atoms with Gasteiger partial charge in [0.2, 0.25) is 5.91 Å². The molecule has 1 saturated heterocycles. The second-order valence-electron chi connectivity index (χ2n) is 10.7. The number of fused-ring (bicyclic) bond motifs is 2. The third-order valence-electron chi connectivity index (χ3n) is 7.81. The van der Waals surface area contributed by atoms with Crippen LogP contribution in [0.5, 0.6) is 0 Å². The summed E-state index contributed by atoms with van der Waals surface area (Å²) in [6.45, 7) is 1.05. The zero-order chi connectivity index (χ0) is 31.7. The van der Waals surface area contributed by atoms with Crippen LogP contribution >= 0.6 is 15.9 Å². The van der Waals surface area contributed by atoms with Crippen LogP contribution in [0.15, 0.2) is 59.6 Å². The van der Waals surface area contributed by atoms with E-state index >= 15 is 0 Å². The van der Waals surface area contributed by atoms with Crippen molar-refractivity contribution in [3.63, 3.8) is 0 Å². The zero-order valence-electron chi connectivity index (χ0n) is 24.0. The Morgan fingerprint density at radius 2 is 2.09 bits per heavy atom. The van der Waals surface area contributed by atoms with Gasteiger partial charge in [0.1, 0.15) is 12.1 Å². The van der Waals surface area contributed by atoms with Crippen molar-refractivity contribution in [3.05, 3.63) is 65.2 Å². The monoisotopic (exact) mass is 689 g/mol. The molecule has 0 aliphatic carbocycles. The number of carbonyl (C=O) groups excluding carboxylic acids is 2. The number of pyridine rings is 2. The number of likely N-dealkylation sites (tertiary alicyclic amines) is 1. The SMILES string of the molecule is CN(c1cc(Br)cc2c(C=O)c[nH]c12)S(=O)(=O)Nc1ccnc(-c2cnc3[nH]ccc3c2N[C@@H]2CCCN(C(=O)CC#N)C2)c1. The Kier molecular flexibility index (Phi) is 8.17. The van der Waals surface area contributed by atoms with Gasteiger partial charge in [-0.25, -0.2) is 4.98 Å². The molecular weight excluding hydrogens is 662 g/mol. The molecule has 1 aromatic carbocycles. The molecule has 4 N–H and O–H groups in total. The number of nitrogens with zero attached hydrogens (tertiary/aromatic N) is 5. The van der Waals surface area contributed by atoms with Crippen molar-refractivity contribution in [1.29, 1.82) is 5.26 Å². The Labute approximate surface area is 267 Å². The van der Waals surface area contributed by atoms with Crippen molar-refractivity contribution in [2.75, 3.05) is 34.5 Å². The highest BCUT2D eigenvalue weighted by atomic mass is 79.9. The van der Waals surface area contributed by atoms with E-state index in [1.54, 1.807) is 41.6 Å². The van der Waals surface area contributed by atoms with Crippen LogP contribution in [0.3, 0.4) is 0 Å². The molecule has 1 aliphatic heterocycles. The van der Waals surface area contributed by atoms with Crippen LogP contribution in [0.4, 0.5) is 17.1 Å². The standard InChI is InChI=1S/C30H28BrN9O4S/c1-39(26-12-19(31)11-23-18(17-41)14-35-29(23)26)45(43,44)38-20-5-8-33-25(13-20)24-15-36-30-22(6-9-34-30)28(24)37-21-3-2-10-40(16-21)27(42)4-7-32/h5-6,8-9,11-15,17,21,35H,2-4,10,16H2,1H3,(H,33,38)(H2,34,36,37)/t21-/m1/s1. The van der Waals surface area contributed by atoms with Crippen LogP contribution in [0.25, 0.3) is 33.2 Å². The number of aromatic amines is 2. The molecule has 0 spiro atoms. The lowest BCUT2D eigenvalue weighted by Gasteiger charge is -2.34. The summed E-state index contributed by atoms with van der Waals surface area (Å²) in [6, 6.07) is 10.3. The summed E-state index contributed by atoms with van der Waals surface area (Å²) in [5.74, 6) is -0.193. The topological polar surface area (TPSA) is 180 Å². The molecule has 1 atom stereocenters. The van der Waals surface area contributed by atoms with Crippen LogP contribution in [0, 0.1) is 11.3 Å². The Balaban J connectivity index is 1.30. The van der Waals surface area contributed by atoms with Gasteiger partial charge in [0.05, 0.1) is 34.3 Å². The quantitative estimate of drug-likeness (QED) is 0.159. The van der Waals surface area contributed by atoms with Gasteiger partial charge in [-0.05, 0) is 43.2 Å². The van der Waals surface area contributed by atoms with Crippen LogP contribution < -0.4 is 14.3 Å². The second kappa shape index (κ2) is 12.2. The first kappa shape index (κ1) is 30.1. The van der Waals surface area contributed by atoms with Crippen LogP contribution in [0.1, 0.15) is 29.6 Å². The predicted molar refractivity (Wildman–Crippen MR) is 175 cm³/mol. The molecule has 6 rings (SSSR count). The fourth-order valence-electron chi connectivity index (χ4n) is 5.60. The maximum Gasteiger partial charge on any atom is 0.323 e. The largest absolute Gasteiger partial charge is 0.379 e. The van der Waals surface area contributed by atoms with Crippen LogP contribution in [-0.4, -0.2) is 71.6 Å². The molecule has 0 saturated carbocycles. The lowest BCUT2D eigenvalue weighted by Crippen LogP contribution is -2.45. The second-order valence-corrected chi connectivity index (χ2v) is 13.3. The highest BCUT2D eigenvalue weighted by Gasteiger charge is 2.26. The number of benzene rings is 1. The normalized spacial score (nSPS) is 15.1. The molecule has 1 aliphatic rings. The first-order valence-corrected chi connectivity index (χ1v) is 16.3. The number of rotatable bonds is 9. The van der Waals surface area contributed by atoms with E-state index in [0.717, 1.165) is 28.2 Å². The number of nitriles is 1. The Hall–Kier alpha value is -4.94. The Bertz CT molecular complexity index is 2090. The fraction of sp³-hybridized carbons (Fsp3) is 0.233. The first-order valence-electron chi connectivity index (χ1n) is 14.0. The molecule has 0 radical (unpaired) electrons. The van der Waals surface area contributed by atoms with Crippen molar-refractivity contribution >= 4 is 77.3 Å². The van der Waals surface area contributed by atoms with E-state index in [0.29, 0.717) is 62.9 Å². The van der Waals surface area contributed by atoms with E-state index in [9.17, 15) is 18.0 Å². The number of H-pyrrole nitrogens is 2. The van der Waals surface area contributed by atoms with E-state index in [-0.39, 0.29) is 24.1 Å². The molecule has 0 bridgehead atoms. The third kappa shape index (κ3) is 5.94. The number of hydrogen-bond acceptors (Lipinski definition) is 8. The van der Waals surface area contributed by atoms with Gasteiger partial charge in [-0.15, -0.1) is 0 Å². The van der Waals surface area contributed by atoms with Gasteiger partial charge in [0.25, 0.3) is 0 Å². The minimum Gasteiger partial charge on any atom is -0.379 e. The lowest BCUT2D eigenvalue weighted by atomic mass is 10.0. The maximum absolute atomic E-state index is 13.6. The van der Waals surface area contributed by atoms with E-state index in [1.165, 1.54) is 19.4 Å². The minimum absolute atomic E-state index is 0.0780. The molecular formula is C30H28BrN9O4S. The lowest BCUT2D eigenvalue weighted by molar-refractivity contribution is -0.131. The van der Waals surface area contributed by atoms with Crippen molar-refractivity contribution in [2.45, 2.75) is 25.3 Å². The number of nitrogens with one attached hydrogen (secondary N) is 4. The Morgan fingerprint density at radius 3 is 2.89 bits per heavy atom. The van der Waals surface area contributed by atoms with E-state index in [1.807, 2.05) is 12.1 Å². The molecule has 4 aromatic heterocycles. The molecule has 15 heteroatoms. The summed E-state index contributed by atoms with van der Waals surface area (Å²) in [6.07, 6.45) is 8.66. The van der Waals surface area contributed by atoms with Gasteiger partial charge in [-0.2, -0.15) is 13.7 Å². The summed E-state index contributed by atoms with van der Waals surface area (Å²) in [5, 5.41) is 14.0. The van der Waals surface area contributed by atoms with Gasteiger partial charge < -0.3 is 20.2 Å². The molecule has 13 nitrogen and oxygen atoms in total. The Morgan fingerprint density at radius 1 is 1.24 bits per heavy atom. The van der Waals surface area contributed by atoms with Gasteiger partial charge in [0, 0.05) is 77.3 Å². The summed E-state index contributed by atoms with van der Waals surface area (Å²) in [4.78, 5) is 40.8. The zero-order valence-corrected chi connectivity index (χ0v) is 26.4. The van der Waals surface area contributed by atoms with Crippen LogP contribution in [0.2, 0.25) is 0 Å². The van der Waals surface area contributed by atoms with Crippen LogP contribution in [-0.2, 0) is 15.0 Å². The number of halogens is 1. The van der Waals surface area contributed by atoms with Gasteiger partial charge >= 0.3 is 10.2 Å². The van der Waals surface area contributed by atoms with Crippen molar-refractivity contribution in [1.82, 2.24) is 24.8 Å². The molecule has 1 fully saturated rings. The average molecular weight is 691 g/mol. The van der Waals surface area contributed by atoms with Crippen molar-refractivity contribution < 1.29 is 18.0 Å². The van der Waals surface area contributed by atoms with E-state index in [2.05, 4.69) is 45.9 Å². The number of piperidine rings is 1. The third-order valence-corrected chi connectivity index (χ3v) is 9.68. The first-order chi connectivity index (χ1) is 21.7. The highest BCUT2D eigenvalue weighted by molar-refractivity contribution is 9.10. The maximum atomic E-state index is 13.6. The smallest absolute Gasteiger partial charge is 0.323 e. The number of anilines is 3. The van der Waals surface area contributed by atoms with Gasteiger partial charge in [-0.1, -0.05) is 15.9 Å². The summed E-state index contributed by atoms with van der Waals surface area (Å²) in [7, 11) is -2.69. The molecule has 1 amide bonds. The fourth-order valence-corrected chi connectivity index (χ4v) is 7.01. The molecule has 45 heavy (non-hydrogen) atoms. The average Bonchev–Trinajstić information content (AvgIpc) is 3.68. The summed E-state index contributed by atoms with van der Waals surface area (Å²) < 4.78 is 31.5. The number of carbonyl (C=O) groups is 2. The summed E-state index contributed by atoms with van der Waals surface area (Å²) in [5.41, 5.74) is 4.09. The molecule has 0 unspecified atom stereocenters. The van der Waals surface area contributed by atoms with Gasteiger partial charge in [-0.3, -0.25) is 23.6 Å². The van der Waals surface area contributed by atoms with E-state index in [4.69, 9.17) is 5.26 Å². The number of amides is 1.